The molecule has 0 atom stereocenters. The van der Waals surface area contributed by atoms with E-state index in [9.17, 15) is 9.59 Å². The van der Waals surface area contributed by atoms with Crippen LogP contribution in [0.5, 0.6) is 11.5 Å². The Hall–Kier alpha value is -2.96. The lowest BCUT2D eigenvalue weighted by Gasteiger charge is -2.10. The fourth-order valence-electron chi connectivity index (χ4n) is 2.10. The van der Waals surface area contributed by atoms with Crippen LogP contribution < -0.4 is 14.8 Å². The number of methoxy groups -OCH3 is 2. The molecule has 0 aliphatic rings. The second-order valence-corrected chi connectivity index (χ2v) is 4.74. The maximum Gasteiger partial charge on any atom is 0.339 e. The van der Waals surface area contributed by atoms with Gasteiger partial charge in [0.15, 0.2) is 0 Å². The summed E-state index contributed by atoms with van der Waals surface area (Å²) in [6, 6.07) is 6.27. The number of furan rings is 1. The number of rotatable bonds is 6. The number of carbonyl (C=O) groups is 2. The number of aryl methyl sites for hydroxylation is 1. The van der Waals surface area contributed by atoms with E-state index in [1.807, 2.05) is 0 Å². The monoisotopic (exact) mass is 319 g/mol. The number of aromatic carboxylic acids is 1. The van der Waals surface area contributed by atoms with Crippen molar-refractivity contribution in [3.05, 3.63) is 46.9 Å². The van der Waals surface area contributed by atoms with E-state index in [0.717, 1.165) is 0 Å². The Labute approximate surface area is 132 Å². The van der Waals surface area contributed by atoms with E-state index >= 15 is 0 Å². The molecular formula is C16H17NO6. The molecule has 0 saturated carbocycles. The molecule has 0 bridgehead atoms. The predicted octanol–water partition coefficient (Wildman–Crippen LogP) is 2.23. The van der Waals surface area contributed by atoms with Crippen molar-refractivity contribution >= 4 is 11.9 Å². The third-order valence-electron chi connectivity index (χ3n) is 3.27. The first-order valence-corrected chi connectivity index (χ1v) is 6.79. The van der Waals surface area contributed by atoms with Gasteiger partial charge in [0.1, 0.15) is 28.6 Å². The largest absolute Gasteiger partial charge is 0.497 e. The number of carbonyl (C=O) groups excluding carboxylic acids is 1. The van der Waals surface area contributed by atoms with Crippen LogP contribution in [0.25, 0.3) is 0 Å². The number of hydrogen-bond donors (Lipinski definition) is 2. The van der Waals surface area contributed by atoms with Crippen LogP contribution in [0.15, 0.2) is 28.7 Å². The Morgan fingerprint density at radius 3 is 2.48 bits per heavy atom. The molecule has 2 rings (SSSR count). The number of nitrogens with one attached hydrogen (secondary N) is 1. The van der Waals surface area contributed by atoms with Crippen molar-refractivity contribution in [3.63, 3.8) is 0 Å². The number of benzene rings is 1. The van der Waals surface area contributed by atoms with Crippen LogP contribution in [0, 0.1) is 6.92 Å². The molecule has 122 valence electrons. The molecule has 2 N–H and O–H groups in total. The molecule has 1 aromatic heterocycles. The molecule has 0 aliphatic heterocycles. The summed E-state index contributed by atoms with van der Waals surface area (Å²) >= 11 is 0. The van der Waals surface area contributed by atoms with E-state index < -0.39 is 5.97 Å². The zero-order valence-corrected chi connectivity index (χ0v) is 13.0. The first-order chi connectivity index (χ1) is 11.0. The van der Waals surface area contributed by atoms with Crippen LogP contribution in [0.4, 0.5) is 0 Å². The van der Waals surface area contributed by atoms with Gasteiger partial charge in [0, 0.05) is 0 Å². The van der Waals surface area contributed by atoms with E-state index in [1.54, 1.807) is 25.1 Å². The van der Waals surface area contributed by atoms with E-state index in [-0.39, 0.29) is 18.0 Å². The van der Waals surface area contributed by atoms with Crippen molar-refractivity contribution in [1.29, 1.82) is 0 Å². The van der Waals surface area contributed by atoms with Gasteiger partial charge in [0.2, 0.25) is 0 Å². The Balaban J connectivity index is 2.13. The van der Waals surface area contributed by atoms with Gasteiger partial charge in [0.25, 0.3) is 5.91 Å². The average molecular weight is 319 g/mol. The number of ether oxygens (including phenoxy) is 2. The molecule has 7 nitrogen and oxygen atoms in total. The summed E-state index contributed by atoms with van der Waals surface area (Å²) in [7, 11) is 2.97. The van der Waals surface area contributed by atoms with Gasteiger partial charge in [-0.15, -0.1) is 0 Å². The second-order valence-electron chi connectivity index (χ2n) is 4.74. The Morgan fingerprint density at radius 1 is 1.17 bits per heavy atom. The highest BCUT2D eigenvalue weighted by atomic mass is 16.5. The first kappa shape index (κ1) is 16.4. The number of amides is 1. The molecule has 0 fully saturated rings. The van der Waals surface area contributed by atoms with Gasteiger partial charge in [-0.1, -0.05) is 0 Å². The van der Waals surface area contributed by atoms with Crippen molar-refractivity contribution in [2.24, 2.45) is 0 Å². The fourth-order valence-corrected chi connectivity index (χ4v) is 2.10. The van der Waals surface area contributed by atoms with Gasteiger partial charge in [-0.3, -0.25) is 4.79 Å². The Bertz CT molecular complexity index is 734. The normalized spacial score (nSPS) is 10.2. The van der Waals surface area contributed by atoms with Crippen LogP contribution in [-0.4, -0.2) is 31.2 Å². The summed E-state index contributed by atoms with van der Waals surface area (Å²) in [5, 5.41) is 11.6. The lowest BCUT2D eigenvalue weighted by molar-refractivity contribution is 0.0694. The van der Waals surface area contributed by atoms with Crippen molar-refractivity contribution in [2.75, 3.05) is 14.2 Å². The minimum atomic E-state index is -1.07. The van der Waals surface area contributed by atoms with Gasteiger partial charge >= 0.3 is 5.97 Å². The van der Waals surface area contributed by atoms with Crippen LogP contribution in [-0.2, 0) is 6.54 Å². The maximum absolute atomic E-state index is 12.3. The van der Waals surface area contributed by atoms with E-state index in [2.05, 4.69) is 5.32 Å². The van der Waals surface area contributed by atoms with Gasteiger partial charge in [0.05, 0.1) is 26.3 Å². The number of carboxylic acid groups (broad SMARTS) is 1. The molecule has 7 heteroatoms. The molecular weight excluding hydrogens is 302 g/mol. The number of hydrogen-bond acceptors (Lipinski definition) is 5. The van der Waals surface area contributed by atoms with Gasteiger partial charge in [-0.2, -0.15) is 0 Å². The fraction of sp³-hybridized carbons (Fsp3) is 0.250. The smallest absolute Gasteiger partial charge is 0.339 e. The van der Waals surface area contributed by atoms with Gasteiger partial charge in [-0.25, -0.2) is 4.79 Å². The molecule has 1 amide bonds. The number of carboxylic acids is 1. The summed E-state index contributed by atoms with van der Waals surface area (Å²) in [6.07, 6.45) is 0. The van der Waals surface area contributed by atoms with E-state index in [0.29, 0.717) is 28.6 Å². The highest BCUT2D eigenvalue weighted by molar-refractivity contribution is 5.97. The maximum atomic E-state index is 12.3. The minimum absolute atomic E-state index is 0.0628. The summed E-state index contributed by atoms with van der Waals surface area (Å²) in [5.41, 5.74) is 0.391. The molecule has 0 aliphatic carbocycles. The lowest BCUT2D eigenvalue weighted by atomic mass is 10.1. The summed E-state index contributed by atoms with van der Waals surface area (Å²) in [6.45, 7) is 1.62. The Morgan fingerprint density at radius 2 is 1.91 bits per heavy atom. The molecule has 2 aromatic rings. The molecule has 1 aromatic carbocycles. The van der Waals surface area contributed by atoms with E-state index in [4.69, 9.17) is 19.0 Å². The van der Waals surface area contributed by atoms with E-state index in [1.165, 1.54) is 20.3 Å². The standard InChI is InChI=1S/C16H17NO6/c1-9-12(16(19)20)7-11(23-9)8-17-15(18)13-6-10(21-2)4-5-14(13)22-3/h4-7H,8H2,1-3H3,(H,17,18)(H,19,20). The first-order valence-electron chi connectivity index (χ1n) is 6.79. The SMILES string of the molecule is COc1ccc(OC)c(C(=O)NCc2cc(C(=O)O)c(C)o2)c1. The molecule has 1 heterocycles. The zero-order chi connectivity index (χ0) is 17.0. The predicted molar refractivity (Wildman–Crippen MR) is 81.1 cm³/mol. The minimum Gasteiger partial charge on any atom is -0.497 e. The molecule has 0 unspecified atom stereocenters. The third-order valence-corrected chi connectivity index (χ3v) is 3.27. The second kappa shape index (κ2) is 6.87. The highest BCUT2D eigenvalue weighted by Crippen LogP contribution is 2.24. The topological polar surface area (TPSA) is 98.0 Å². The summed E-state index contributed by atoms with van der Waals surface area (Å²) in [4.78, 5) is 23.3. The quantitative estimate of drug-likeness (QED) is 0.847. The highest BCUT2D eigenvalue weighted by Gasteiger charge is 2.16. The summed E-state index contributed by atoms with van der Waals surface area (Å²) in [5.74, 6) is 0.129. The van der Waals surface area contributed by atoms with Crippen LogP contribution in [0.3, 0.4) is 0 Å². The molecule has 0 spiro atoms. The van der Waals surface area contributed by atoms with Crippen LogP contribution >= 0.6 is 0 Å². The van der Waals surface area contributed by atoms with Gasteiger partial charge in [-0.05, 0) is 31.2 Å². The zero-order valence-electron chi connectivity index (χ0n) is 13.0. The molecule has 0 saturated heterocycles. The van der Waals surface area contributed by atoms with Crippen LogP contribution in [0.1, 0.15) is 32.2 Å². The lowest BCUT2D eigenvalue weighted by Crippen LogP contribution is -2.23. The van der Waals surface area contributed by atoms with Crippen molar-refractivity contribution in [1.82, 2.24) is 5.32 Å². The molecule has 23 heavy (non-hydrogen) atoms. The van der Waals surface area contributed by atoms with Gasteiger partial charge < -0.3 is 24.3 Å². The van der Waals surface area contributed by atoms with Crippen molar-refractivity contribution < 1.29 is 28.6 Å². The van der Waals surface area contributed by atoms with Crippen molar-refractivity contribution in [2.45, 2.75) is 13.5 Å². The average Bonchev–Trinajstić information content (AvgIpc) is 2.93. The Kier molecular flexibility index (Phi) is 4.90. The van der Waals surface area contributed by atoms with Crippen LogP contribution in [0.2, 0.25) is 0 Å². The summed E-state index contributed by atoms with van der Waals surface area (Å²) < 4.78 is 15.6. The van der Waals surface area contributed by atoms with Crippen molar-refractivity contribution in [3.8, 4) is 11.5 Å². The molecule has 0 radical (unpaired) electrons. The third kappa shape index (κ3) is 3.63.